The van der Waals surface area contributed by atoms with Gasteiger partial charge < -0.3 is 10.1 Å². The van der Waals surface area contributed by atoms with E-state index in [1.165, 1.54) is 11.3 Å². The molecule has 1 amide bonds. The van der Waals surface area contributed by atoms with E-state index in [-0.39, 0.29) is 18.1 Å². The molecule has 3 heterocycles. The molecule has 1 aliphatic rings. The van der Waals surface area contributed by atoms with Crippen LogP contribution >= 0.6 is 11.3 Å². The number of aromatic nitrogens is 3. The number of ether oxygens (including phenoxy) is 1. The molecule has 1 fully saturated rings. The van der Waals surface area contributed by atoms with Gasteiger partial charge in [0, 0.05) is 25.4 Å². The van der Waals surface area contributed by atoms with Crippen molar-refractivity contribution >= 4 is 17.2 Å². The van der Waals surface area contributed by atoms with Gasteiger partial charge in [-0.3, -0.25) is 9.48 Å². The summed E-state index contributed by atoms with van der Waals surface area (Å²) in [6.07, 6.45) is 6.90. The van der Waals surface area contributed by atoms with Crippen LogP contribution in [0.3, 0.4) is 0 Å². The van der Waals surface area contributed by atoms with Crippen LogP contribution in [0.15, 0.2) is 18.6 Å². The minimum absolute atomic E-state index is 0.0196. The highest BCUT2D eigenvalue weighted by atomic mass is 32.1. The number of carbonyl (C=O) groups is 1. The molecule has 1 N–H and O–H groups in total. The monoisotopic (exact) mass is 306 g/mol. The number of hydrogen-bond acceptors (Lipinski definition) is 5. The quantitative estimate of drug-likeness (QED) is 0.933. The van der Waals surface area contributed by atoms with E-state index >= 15 is 0 Å². The van der Waals surface area contributed by atoms with E-state index in [4.69, 9.17) is 4.74 Å². The Hall–Kier alpha value is -1.73. The van der Waals surface area contributed by atoms with Crippen molar-refractivity contribution in [2.45, 2.75) is 31.9 Å². The molecule has 1 saturated heterocycles. The molecule has 3 rings (SSSR count). The van der Waals surface area contributed by atoms with E-state index in [2.05, 4.69) is 15.4 Å². The Labute approximate surface area is 127 Å². The van der Waals surface area contributed by atoms with Crippen LogP contribution in [0.4, 0.5) is 0 Å². The van der Waals surface area contributed by atoms with Crippen LogP contribution in [0, 0.1) is 0 Å². The second-order valence-corrected chi connectivity index (χ2v) is 6.19. The van der Waals surface area contributed by atoms with Gasteiger partial charge in [-0.05, 0) is 12.8 Å². The third-order valence-corrected chi connectivity index (χ3v) is 4.68. The number of amides is 1. The van der Waals surface area contributed by atoms with Crippen molar-refractivity contribution in [1.29, 1.82) is 0 Å². The number of nitrogens with zero attached hydrogens (tertiary/aromatic N) is 3. The molecular formula is C14H18N4O2S. The van der Waals surface area contributed by atoms with E-state index in [1.807, 2.05) is 20.2 Å². The highest BCUT2D eigenvalue weighted by Gasteiger charge is 2.32. The summed E-state index contributed by atoms with van der Waals surface area (Å²) >= 11 is 1.45. The summed E-state index contributed by atoms with van der Waals surface area (Å²) in [6.45, 7) is 2.68. The molecular weight excluding hydrogens is 288 g/mol. The summed E-state index contributed by atoms with van der Waals surface area (Å²) in [5, 5.41) is 8.20. The van der Waals surface area contributed by atoms with Crippen LogP contribution in [0.5, 0.6) is 0 Å². The zero-order chi connectivity index (χ0) is 14.8. The van der Waals surface area contributed by atoms with Crippen molar-refractivity contribution in [2.75, 3.05) is 6.61 Å². The molecule has 0 radical (unpaired) electrons. The summed E-state index contributed by atoms with van der Waals surface area (Å²) in [5.41, 5.74) is 0.999. The molecule has 7 heteroatoms. The summed E-state index contributed by atoms with van der Waals surface area (Å²) in [4.78, 5) is 17.2. The maximum Gasteiger partial charge on any atom is 0.263 e. The highest BCUT2D eigenvalue weighted by molar-refractivity contribution is 7.13. The topological polar surface area (TPSA) is 69.0 Å². The Balaban J connectivity index is 1.69. The third-order valence-electron chi connectivity index (χ3n) is 3.54. The summed E-state index contributed by atoms with van der Waals surface area (Å²) in [7, 11) is 1.87. The normalized spacial score (nSPS) is 21.6. The van der Waals surface area contributed by atoms with Crippen LogP contribution in [0.2, 0.25) is 0 Å². The van der Waals surface area contributed by atoms with Gasteiger partial charge >= 0.3 is 0 Å². The number of hydrogen-bond donors (Lipinski definition) is 1. The van der Waals surface area contributed by atoms with E-state index < -0.39 is 0 Å². The summed E-state index contributed by atoms with van der Waals surface area (Å²) in [5.74, 6) is -0.0726. The van der Waals surface area contributed by atoms with Gasteiger partial charge in [-0.1, -0.05) is 6.92 Å². The number of aryl methyl sites for hydroxylation is 2. The molecule has 0 saturated carbocycles. The van der Waals surface area contributed by atoms with Gasteiger partial charge in [0.2, 0.25) is 0 Å². The van der Waals surface area contributed by atoms with E-state index in [0.29, 0.717) is 11.5 Å². The fourth-order valence-electron chi connectivity index (χ4n) is 2.47. The lowest BCUT2D eigenvalue weighted by atomic mass is 10.1. The fraction of sp³-hybridized carbons (Fsp3) is 0.500. The number of nitrogens with one attached hydrogen (secondary N) is 1. The first kappa shape index (κ1) is 14.2. The number of thiazole rings is 1. The Morgan fingerprint density at radius 2 is 2.43 bits per heavy atom. The van der Waals surface area contributed by atoms with Gasteiger partial charge in [-0.25, -0.2) is 4.98 Å². The highest BCUT2D eigenvalue weighted by Crippen LogP contribution is 2.29. The zero-order valence-corrected chi connectivity index (χ0v) is 12.9. The predicted molar refractivity (Wildman–Crippen MR) is 79.3 cm³/mol. The van der Waals surface area contributed by atoms with Crippen LogP contribution in [-0.4, -0.2) is 33.3 Å². The van der Waals surface area contributed by atoms with Gasteiger partial charge in [0.15, 0.2) is 0 Å². The third kappa shape index (κ3) is 2.98. The van der Waals surface area contributed by atoms with Crippen LogP contribution < -0.4 is 5.32 Å². The van der Waals surface area contributed by atoms with Crippen molar-refractivity contribution in [3.05, 3.63) is 34.0 Å². The van der Waals surface area contributed by atoms with E-state index in [1.54, 1.807) is 17.1 Å². The Morgan fingerprint density at radius 1 is 1.57 bits per heavy atom. The van der Waals surface area contributed by atoms with Crippen LogP contribution in [0.25, 0.3) is 0 Å². The van der Waals surface area contributed by atoms with Gasteiger partial charge in [0.05, 0.1) is 23.4 Å². The molecule has 0 bridgehead atoms. The molecule has 0 unspecified atom stereocenters. The minimum Gasteiger partial charge on any atom is -0.371 e. The average Bonchev–Trinajstić information content (AvgIpc) is 3.17. The average molecular weight is 306 g/mol. The zero-order valence-electron chi connectivity index (χ0n) is 12.1. The van der Waals surface area contributed by atoms with Crippen molar-refractivity contribution in [2.24, 2.45) is 7.05 Å². The van der Waals surface area contributed by atoms with Crippen molar-refractivity contribution in [3.8, 4) is 0 Å². The van der Waals surface area contributed by atoms with E-state index in [0.717, 1.165) is 23.4 Å². The largest absolute Gasteiger partial charge is 0.371 e. The Bertz CT molecular complexity index is 636. The Kier molecular flexibility index (Phi) is 4.03. The molecule has 0 aromatic carbocycles. The second-order valence-electron chi connectivity index (χ2n) is 5.08. The van der Waals surface area contributed by atoms with Crippen LogP contribution in [0.1, 0.15) is 39.7 Å². The number of carbonyl (C=O) groups excluding carboxylic acids is 1. The van der Waals surface area contributed by atoms with E-state index in [9.17, 15) is 4.79 Å². The predicted octanol–water partition coefficient (Wildman–Crippen LogP) is 1.70. The molecule has 21 heavy (non-hydrogen) atoms. The molecule has 6 nitrogen and oxygen atoms in total. The molecule has 1 aliphatic heterocycles. The molecule has 2 aromatic rings. The van der Waals surface area contributed by atoms with Crippen molar-refractivity contribution < 1.29 is 9.53 Å². The molecule has 112 valence electrons. The number of rotatable bonds is 4. The smallest absolute Gasteiger partial charge is 0.263 e. The minimum atomic E-state index is -0.124. The van der Waals surface area contributed by atoms with Gasteiger partial charge in [0.25, 0.3) is 5.91 Å². The van der Waals surface area contributed by atoms with Gasteiger partial charge in [0.1, 0.15) is 11.0 Å². The standard InChI is InChI=1S/C14H18N4O2S/c1-3-12-15-7-11(21-12)14(19)17-10-4-5-20-13(10)9-6-16-18(2)8-9/h6-8,10,13H,3-5H2,1-2H3,(H,17,19)/t10-,13+/m0/s1. The molecule has 0 spiro atoms. The maximum absolute atomic E-state index is 12.3. The Morgan fingerprint density at radius 3 is 3.10 bits per heavy atom. The summed E-state index contributed by atoms with van der Waals surface area (Å²) < 4.78 is 7.49. The molecule has 2 atom stereocenters. The lowest BCUT2D eigenvalue weighted by Gasteiger charge is -2.18. The van der Waals surface area contributed by atoms with Crippen molar-refractivity contribution in [3.63, 3.8) is 0 Å². The van der Waals surface area contributed by atoms with Gasteiger partial charge in [-0.15, -0.1) is 11.3 Å². The lowest BCUT2D eigenvalue weighted by Crippen LogP contribution is -2.36. The first-order valence-corrected chi connectivity index (χ1v) is 7.84. The summed E-state index contributed by atoms with van der Waals surface area (Å²) in [6, 6.07) is -0.0196. The van der Waals surface area contributed by atoms with Gasteiger partial charge in [-0.2, -0.15) is 5.10 Å². The SMILES string of the molecule is CCc1ncc(C(=O)N[C@H]2CCO[C@@H]2c2cnn(C)c2)s1. The first-order valence-electron chi connectivity index (χ1n) is 7.03. The first-order chi connectivity index (χ1) is 10.2. The molecule has 0 aliphatic carbocycles. The maximum atomic E-state index is 12.3. The fourth-order valence-corrected chi connectivity index (χ4v) is 3.23. The van der Waals surface area contributed by atoms with Crippen molar-refractivity contribution in [1.82, 2.24) is 20.1 Å². The lowest BCUT2D eigenvalue weighted by molar-refractivity contribution is 0.0824. The molecule has 2 aromatic heterocycles. The second kappa shape index (κ2) is 5.95. The van der Waals surface area contributed by atoms with Crippen LogP contribution in [-0.2, 0) is 18.2 Å².